The molecule has 2 N–H and O–H groups in total. The van der Waals surface area contributed by atoms with Crippen LogP contribution in [0, 0.1) is 6.92 Å². The van der Waals surface area contributed by atoms with Gasteiger partial charge in [-0.25, -0.2) is 0 Å². The van der Waals surface area contributed by atoms with Crippen LogP contribution >= 0.6 is 0 Å². The molecule has 0 amide bonds. The molecule has 0 bridgehead atoms. The van der Waals surface area contributed by atoms with Crippen molar-refractivity contribution in [2.45, 2.75) is 6.92 Å². The second-order valence-corrected chi connectivity index (χ2v) is 1.86. The molecule has 66 valence electrons. The second kappa shape index (κ2) is 9.87. The summed E-state index contributed by atoms with van der Waals surface area (Å²) in [7, 11) is 0. The maximum absolute atomic E-state index is 5.52. The van der Waals surface area contributed by atoms with Crippen LogP contribution in [-0.4, -0.2) is 8.41 Å². The number of nitrogen functional groups attached to an aromatic ring is 1. The molecule has 0 spiro atoms. The summed E-state index contributed by atoms with van der Waals surface area (Å²) >= 11 is 0. The largest absolute Gasteiger partial charge is 3.00 e. The van der Waals surface area contributed by atoms with Crippen molar-refractivity contribution in [2.75, 3.05) is 5.73 Å². The number of aryl methyl sites for hydroxylation is 1. The monoisotopic (exact) mass is 175 g/mol. The molecule has 0 atom stereocenters. The van der Waals surface area contributed by atoms with Crippen LogP contribution in [0.15, 0.2) is 24.3 Å². The van der Waals surface area contributed by atoms with Crippen LogP contribution in [-0.2, 0) is 0 Å². The first-order valence-electron chi connectivity index (χ1n) is 2.62. The van der Waals surface area contributed by atoms with E-state index in [9.17, 15) is 0 Å². The average Bonchev–Trinajstić information content (AvgIpc) is 1.77. The van der Waals surface area contributed by atoms with Crippen molar-refractivity contribution in [3.05, 3.63) is 29.8 Å². The number of hydrogen-bond donors (Lipinski definition) is 1. The number of nitrogens with two attached hydrogens (primary N) is 1. The van der Waals surface area contributed by atoms with Gasteiger partial charge < -0.3 is 19.8 Å². The Labute approximate surface area is 71.6 Å². The summed E-state index contributed by atoms with van der Waals surface area (Å²) in [4.78, 5) is 0. The van der Waals surface area contributed by atoms with Gasteiger partial charge in [0, 0.05) is 5.69 Å². The topological polar surface area (TPSA) is 26.0 Å². The van der Waals surface area contributed by atoms with Crippen molar-refractivity contribution in [3.8, 4) is 0 Å². The number of halogens is 3. The van der Waals surface area contributed by atoms with Crippen LogP contribution in [0.4, 0.5) is 5.69 Å². The van der Waals surface area contributed by atoms with E-state index in [1.54, 1.807) is 0 Å². The van der Waals surface area contributed by atoms with Gasteiger partial charge in [-0.1, -0.05) is 18.2 Å². The van der Waals surface area contributed by atoms with E-state index in [0.717, 1.165) is 11.3 Å². The number of benzene rings is 1. The zero-order valence-corrected chi connectivity index (χ0v) is 6.60. The Morgan fingerprint density at radius 2 is 1.42 bits per heavy atom. The Morgan fingerprint density at radius 1 is 1.00 bits per heavy atom. The number of hydrogen-bond acceptors (Lipinski definition) is 1. The Balaban J connectivity index is -0.0000000800. The molecule has 1 aromatic carbocycles. The fraction of sp³-hybridized carbons (Fsp3) is 0.143. The van der Waals surface area contributed by atoms with Crippen molar-refractivity contribution < 1.29 is 14.1 Å². The molecule has 1 nitrogen and oxygen atoms in total. The fourth-order valence-corrected chi connectivity index (χ4v) is 0.587. The first-order chi connectivity index (χ1) is 3.80. The van der Waals surface area contributed by atoms with E-state index in [2.05, 4.69) is 0 Å². The molecular formula is C7H9BF3N. The Morgan fingerprint density at radius 3 is 1.67 bits per heavy atom. The first kappa shape index (κ1) is 22.4. The summed E-state index contributed by atoms with van der Waals surface area (Å²) < 4.78 is 0. The quantitative estimate of drug-likeness (QED) is 0.307. The maximum Gasteiger partial charge on any atom is 3.00 e. The molecule has 0 aliphatic heterocycles. The van der Waals surface area contributed by atoms with Crippen LogP contribution in [0.25, 0.3) is 0 Å². The van der Waals surface area contributed by atoms with Crippen LogP contribution in [0.3, 0.4) is 0 Å². The van der Waals surface area contributed by atoms with Gasteiger partial charge in [0.2, 0.25) is 0 Å². The summed E-state index contributed by atoms with van der Waals surface area (Å²) in [5.74, 6) is 0. The van der Waals surface area contributed by atoms with E-state index in [0.29, 0.717) is 0 Å². The zero-order valence-electron chi connectivity index (χ0n) is 6.60. The molecule has 0 aromatic heterocycles. The van der Waals surface area contributed by atoms with Gasteiger partial charge in [0.25, 0.3) is 0 Å². The van der Waals surface area contributed by atoms with Crippen LogP contribution in [0.1, 0.15) is 5.56 Å². The Bertz CT molecular complexity index is 175. The summed E-state index contributed by atoms with van der Waals surface area (Å²) in [5.41, 5.74) is 7.53. The predicted molar refractivity (Wildman–Crippen MR) is 41.3 cm³/mol. The molecule has 0 saturated carbocycles. The summed E-state index contributed by atoms with van der Waals surface area (Å²) in [6.45, 7) is 2.00. The molecule has 0 heterocycles. The van der Waals surface area contributed by atoms with Crippen LogP contribution in [0.2, 0.25) is 0 Å². The van der Waals surface area contributed by atoms with Gasteiger partial charge >= 0.3 is 8.41 Å². The van der Waals surface area contributed by atoms with E-state index in [-0.39, 0.29) is 22.5 Å². The maximum atomic E-state index is 5.52. The second-order valence-electron chi connectivity index (χ2n) is 1.86. The third kappa shape index (κ3) is 5.64. The van der Waals surface area contributed by atoms with Gasteiger partial charge in [-0.2, -0.15) is 0 Å². The third-order valence-corrected chi connectivity index (χ3v) is 1.19. The Kier molecular flexibility index (Phi) is 18.5. The van der Waals surface area contributed by atoms with Gasteiger partial charge in [-0.15, -0.1) is 0 Å². The van der Waals surface area contributed by atoms with Gasteiger partial charge in [0.05, 0.1) is 0 Å². The van der Waals surface area contributed by atoms with Gasteiger partial charge in [-0.3, -0.25) is 0 Å². The number of rotatable bonds is 0. The van der Waals surface area contributed by atoms with E-state index in [4.69, 9.17) is 5.73 Å². The van der Waals surface area contributed by atoms with Crippen molar-refractivity contribution in [1.29, 1.82) is 0 Å². The van der Waals surface area contributed by atoms with E-state index in [1.165, 1.54) is 0 Å². The molecule has 0 saturated heterocycles. The minimum absolute atomic E-state index is 0. The van der Waals surface area contributed by atoms with Crippen molar-refractivity contribution in [3.63, 3.8) is 0 Å². The third-order valence-electron chi connectivity index (χ3n) is 1.19. The fourth-order valence-electron chi connectivity index (χ4n) is 0.587. The van der Waals surface area contributed by atoms with E-state index < -0.39 is 0 Å². The number of anilines is 1. The van der Waals surface area contributed by atoms with Crippen molar-refractivity contribution >= 4 is 14.1 Å². The summed E-state index contributed by atoms with van der Waals surface area (Å²) in [6, 6.07) is 7.80. The molecule has 0 radical (unpaired) electrons. The van der Waals surface area contributed by atoms with Crippen molar-refractivity contribution in [2.24, 2.45) is 0 Å². The van der Waals surface area contributed by atoms with Gasteiger partial charge in [-0.05, 0) is 18.6 Å². The van der Waals surface area contributed by atoms with E-state index >= 15 is 0 Å². The summed E-state index contributed by atoms with van der Waals surface area (Å²) in [5, 5.41) is 0. The molecule has 0 unspecified atom stereocenters. The molecule has 0 fully saturated rings. The van der Waals surface area contributed by atoms with Crippen LogP contribution < -0.4 is 19.8 Å². The molecule has 0 aliphatic rings. The number of para-hydroxylation sites is 1. The standard InChI is InChI=1S/C7H9N.B.3FH/c1-6-4-2-3-5-7(6)8;;;;/h2-5H,8H2,1H3;;3*1H/q;+3;;;/p-3. The van der Waals surface area contributed by atoms with Gasteiger partial charge in [0.1, 0.15) is 0 Å². The van der Waals surface area contributed by atoms with Gasteiger partial charge in [0.15, 0.2) is 0 Å². The zero-order chi connectivity index (χ0) is 5.98. The predicted octanol–water partition coefficient (Wildman–Crippen LogP) is -7.79. The smallest absolute Gasteiger partial charge is 1.00 e. The SMILES string of the molecule is Cc1ccccc1N.[B+3].[F-].[F-].[F-]. The van der Waals surface area contributed by atoms with E-state index in [1.807, 2.05) is 31.2 Å². The normalized spacial score (nSPS) is 6.08. The first-order valence-corrected chi connectivity index (χ1v) is 2.62. The molecule has 5 heteroatoms. The van der Waals surface area contributed by atoms with Crippen molar-refractivity contribution in [1.82, 2.24) is 0 Å². The molecular weight excluding hydrogens is 166 g/mol. The molecule has 0 aliphatic carbocycles. The summed E-state index contributed by atoms with van der Waals surface area (Å²) in [6.07, 6.45) is 0. The molecule has 12 heavy (non-hydrogen) atoms. The minimum atomic E-state index is 0. The average molecular weight is 175 g/mol. The Hall–Kier alpha value is -1.13. The van der Waals surface area contributed by atoms with Crippen LogP contribution in [0.5, 0.6) is 0 Å². The molecule has 1 rings (SSSR count). The molecule has 1 aromatic rings. The minimum Gasteiger partial charge on any atom is -1.00 e.